The molecule has 0 aliphatic carbocycles. The third-order valence-electron chi connectivity index (χ3n) is 2.49. The Morgan fingerprint density at radius 1 is 1.62 bits per heavy atom. The SMILES string of the molecule is O=C(CSCC1CNC1)NCc1cccs1. The summed E-state index contributed by atoms with van der Waals surface area (Å²) in [5.74, 6) is 2.60. The predicted octanol–water partition coefficient (Wildman–Crippen LogP) is 1.32. The standard InChI is InChI=1S/C11H16N2OS2/c14-11(8-15-7-9-4-12-5-9)13-6-10-2-1-3-16-10/h1-3,9,12H,4-8H2,(H,13,14). The van der Waals surface area contributed by atoms with Crippen LogP contribution in [0.15, 0.2) is 17.5 Å². The lowest BCUT2D eigenvalue weighted by Gasteiger charge is -2.26. The third kappa shape index (κ3) is 3.81. The van der Waals surface area contributed by atoms with E-state index in [1.165, 1.54) is 4.88 Å². The van der Waals surface area contributed by atoms with Crippen LogP contribution in [-0.2, 0) is 11.3 Å². The fourth-order valence-corrected chi connectivity index (χ4v) is 3.05. The molecule has 1 saturated heterocycles. The van der Waals surface area contributed by atoms with Crippen molar-refractivity contribution in [3.63, 3.8) is 0 Å². The Balaban J connectivity index is 1.53. The predicted molar refractivity (Wildman–Crippen MR) is 69.9 cm³/mol. The first kappa shape index (κ1) is 12.0. The molecule has 1 aromatic rings. The van der Waals surface area contributed by atoms with Crippen molar-refractivity contribution >= 4 is 29.0 Å². The van der Waals surface area contributed by atoms with Crippen LogP contribution in [0, 0.1) is 5.92 Å². The summed E-state index contributed by atoms with van der Waals surface area (Å²) >= 11 is 3.41. The fourth-order valence-electron chi connectivity index (χ4n) is 1.43. The maximum Gasteiger partial charge on any atom is 0.230 e. The van der Waals surface area contributed by atoms with E-state index < -0.39 is 0 Å². The largest absolute Gasteiger partial charge is 0.350 e. The number of nitrogens with one attached hydrogen (secondary N) is 2. The molecule has 1 amide bonds. The summed E-state index contributed by atoms with van der Waals surface area (Å²) in [7, 11) is 0. The van der Waals surface area contributed by atoms with Crippen molar-refractivity contribution < 1.29 is 4.79 Å². The highest BCUT2D eigenvalue weighted by Crippen LogP contribution is 2.12. The molecule has 1 fully saturated rings. The van der Waals surface area contributed by atoms with Crippen molar-refractivity contribution in [1.82, 2.24) is 10.6 Å². The Morgan fingerprint density at radius 3 is 3.12 bits per heavy atom. The Kier molecular flexibility index (Phi) is 4.69. The second-order valence-electron chi connectivity index (χ2n) is 3.90. The van der Waals surface area contributed by atoms with Crippen LogP contribution >= 0.6 is 23.1 Å². The van der Waals surface area contributed by atoms with Crippen LogP contribution < -0.4 is 10.6 Å². The zero-order valence-corrected chi connectivity index (χ0v) is 10.7. The van der Waals surface area contributed by atoms with E-state index >= 15 is 0 Å². The summed E-state index contributed by atoms with van der Waals surface area (Å²) in [5, 5.41) is 8.19. The number of thiophene rings is 1. The van der Waals surface area contributed by atoms with Crippen molar-refractivity contribution in [1.29, 1.82) is 0 Å². The molecule has 1 aliphatic heterocycles. The van der Waals surface area contributed by atoms with Gasteiger partial charge in [-0.05, 0) is 36.2 Å². The molecule has 0 radical (unpaired) electrons. The van der Waals surface area contributed by atoms with Gasteiger partial charge in [0.25, 0.3) is 0 Å². The Labute approximate surface area is 104 Å². The molecule has 0 bridgehead atoms. The van der Waals surface area contributed by atoms with Crippen molar-refractivity contribution in [3.8, 4) is 0 Å². The molecule has 3 nitrogen and oxygen atoms in total. The summed E-state index contributed by atoms with van der Waals surface area (Å²) < 4.78 is 0. The Bertz CT molecular complexity index is 323. The number of hydrogen-bond acceptors (Lipinski definition) is 4. The summed E-state index contributed by atoms with van der Waals surface area (Å²) in [6.07, 6.45) is 0. The molecule has 2 heterocycles. The van der Waals surface area contributed by atoms with Crippen molar-refractivity contribution in [2.45, 2.75) is 6.54 Å². The second kappa shape index (κ2) is 6.27. The van der Waals surface area contributed by atoms with Crippen molar-refractivity contribution in [3.05, 3.63) is 22.4 Å². The van der Waals surface area contributed by atoms with E-state index in [4.69, 9.17) is 0 Å². The van der Waals surface area contributed by atoms with E-state index in [2.05, 4.69) is 10.6 Å². The van der Waals surface area contributed by atoms with Gasteiger partial charge in [-0.1, -0.05) is 6.07 Å². The molecule has 0 aromatic carbocycles. The first-order chi connectivity index (χ1) is 7.84. The Hall–Kier alpha value is -0.520. The monoisotopic (exact) mass is 256 g/mol. The minimum atomic E-state index is 0.144. The van der Waals surface area contributed by atoms with Gasteiger partial charge in [-0.25, -0.2) is 0 Å². The van der Waals surface area contributed by atoms with E-state index in [0.29, 0.717) is 12.3 Å². The number of carbonyl (C=O) groups excluding carboxylic acids is 1. The summed E-state index contributed by atoms with van der Waals surface area (Å²) in [6, 6.07) is 4.04. The Morgan fingerprint density at radius 2 is 2.50 bits per heavy atom. The van der Waals surface area contributed by atoms with Gasteiger partial charge < -0.3 is 10.6 Å². The van der Waals surface area contributed by atoms with Gasteiger partial charge in [0.05, 0.1) is 12.3 Å². The lowest BCUT2D eigenvalue weighted by molar-refractivity contribution is -0.118. The topological polar surface area (TPSA) is 41.1 Å². The van der Waals surface area contributed by atoms with Crippen LogP contribution in [-0.4, -0.2) is 30.5 Å². The van der Waals surface area contributed by atoms with Crippen molar-refractivity contribution in [2.75, 3.05) is 24.6 Å². The highest BCUT2D eigenvalue weighted by Gasteiger charge is 2.16. The maximum absolute atomic E-state index is 11.5. The molecule has 5 heteroatoms. The summed E-state index contributed by atoms with van der Waals surface area (Å²) in [6.45, 7) is 2.90. The van der Waals surface area contributed by atoms with Gasteiger partial charge in [0.1, 0.15) is 0 Å². The van der Waals surface area contributed by atoms with Gasteiger partial charge in [-0.2, -0.15) is 11.8 Å². The molecule has 88 valence electrons. The average molecular weight is 256 g/mol. The molecule has 0 spiro atoms. The molecule has 0 atom stereocenters. The average Bonchev–Trinajstić information content (AvgIpc) is 2.71. The van der Waals surface area contributed by atoms with Gasteiger partial charge in [0.15, 0.2) is 0 Å². The van der Waals surface area contributed by atoms with Gasteiger partial charge in [-0.3, -0.25) is 4.79 Å². The van der Waals surface area contributed by atoms with E-state index in [0.717, 1.165) is 24.8 Å². The second-order valence-corrected chi connectivity index (χ2v) is 5.96. The van der Waals surface area contributed by atoms with E-state index in [9.17, 15) is 4.79 Å². The number of hydrogen-bond donors (Lipinski definition) is 2. The van der Waals surface area contributed by atoms with Gasteiger partial charge in [-0.15, -0.1) is 11.3 Å². The zero-order valence-electron chi connectivity index (χ0n) is 9.07. The quantitative estimate of drug-likeness (QED) is 0.806. The first-order valence-corrected chi connectivity index (χ1v) is 7.45. The van der Waals surface area contributed by atoms with Gasteiger partial charge >= 0.3 is 0 Å². The lowest BCUT2D eigenvalue weighted by Crippen LogP contribution is -2.43. The maximum atomic E-state index is 11.5. The minimum Gasteiger partial charge on any atom is -0.350 e. The fraction of sp³-hybridized carbons (Fsp3) is 0.545. The van der Waals surface area contributed by atoms with Gasteiger partial charge in [0, 0.05) is 4.88 Å². The third-order valence-corrected chi connectivity index (χ3v) is 4.54. The van der Waals surface area contributed by atoms with Crippen LogP contribution in [0.25, 0.3) is 0 Å². The minimum absolute atomic E-state index is 0.144. The van der Waals surface area contributed by atoms with E-state index in [1.807, 2.05) is 17.5 Å². The summed E-state index contributed by atoms with van der Waals surface area (Å²) in [4.78, 5) is 12.7. The lowest BCUT2D eigenvalue weighted by atomic mass is 10.1. The highest BCUT2D eigenvalue weighted by molar-refractivity contribution is 7.99. The molecular formula is C11H16N2OS2. The normalized spacial score (nSPS) is 15.8. The van der Waals surface area contributed by atoms with Crippen LogP contribution in [0.4, 0.5) is 0 Å². The van der Waals surface area contributed by atoms with Crippen LogP contribution in [0.2, 0.25) is 0 Å². The van der Waals surface area contributed by atoms with Crippen molar-refractivity contribution in [2.24, 2.45) is 5.92 Å². The molecular weight excluding hydrogens is 240 g/mol. The van der Waals surface area contributed by atoms with Crippen LogP contribution in [0.1, 0.15) is 4.88 Å². The molecule has 1 aliphatic rings. The molecule has 0 unspecified atom stereocenters. The van der Waals surface area contributed by atoms with Crippen LogP contribution in [0.5, 0.6) is 0 Å². The molecule has 0 saturated carbocycles. The van der Waals surface area contributed by atoms with Gasteiger partial charge in [0.2, 0.25) is 5.91 Å². The number of amides is 1. The van der Waals surface area contributed by atoms with E-state index in [-0.39, 0.29) is 5.91 Å². The molecule has 2 rings (SSSR count). The number of thioether (sulfide) groups is 1. The highest BCUT2D eigenvalue weighted by atomic mass is 32.2. The summed E-state index contributed by atoms with van der Waals surface area (Å²) in [5.41, 5.74) is 0. The molecule has 2 N–H and O–H groups in total. The van der Waals surface area contributed by atoms with Crippen LogP contribution in [0.3, 0.4) is 0 Å². The smallest absolute Gasteiger partial charge is 0.230 e. The molecule has 1 aromatic heterocycles. The first-order valence-electron chi connectivity index (χ1n) is 5.42. The van der Waals surface area contributed by atoms with E-state index in [1.54, 1.807) is 23.1 Å². The molecule has 16 heavy (non-hydrogen) atoms. The number of carbonyl (C=O) groups is 1. The number of rotatable bonds is 6. The zero-order chi connectivity index (χ0) is 11.2.